The van der Waals surface area contributed by atoms with Crippen LogP contribution in [0.3, 0.4) is 0 Å². The van der Waals surface area contributed by atoms with E-state index in [4.69, 9.17) is 0 Å². The molecule has 1 heterocycles. The second-order valence-electron chi connectivity index (χ2n) is 6.48. The van der Waals surface area contributed by atoms with Gasteiger partial charge in [-0.1, -0.05) is 36.4 Å². The molecular formula is C20H24N2O3. The van der Waals surface area contributed by atoms with Crippen molar-refractivity contribution in [3.05, 3.63) is 65.2 Å². The largest absolute Gasteiger partial charge is 0.507 e. The SMILES string of the molecule is Cc1ccccc1[C@@H](O)CN1CCN(C(=O)c2ccccc2O)CC1. The van der Waals surface area contributed by atoms with Gasteiger partial charge in [0.05, 0.1) is 11.7 Å². The first kappa shape index (κ1) is 17.5. The van der Waals surface area contributed by atoms with Gasteiger partial charge < -0.3 is 15.1 Å². The lowest BCUT2D eigenvalue weighted by Gasteiger charge is -2.36. The van der Waals surface area contributed by atoms with E-state index in [1.54, 1.807) is 23.1 Å². The zero-order valence-electron chi connectivity index (χ0n) is 14.4. The Morgan fingerprint density at radius 1 is 1.04 bits per heavy atom. The number of carbonyl (C=O) groups is 1. The van der Waals surface area contributed by atoms with Gasteiger partial charge in [0.15, 0.2) is 0 Å². The smallest absolute Gasteiger partial charge is 0.257 e. The Balaban J connectivity index is 1.56. The van der Waals surface area contributed by atoms with Crippen LogP contribution >= 0.6 is 0 Å². The van der Waals surface area contributed by atoms with Gasteiger partial charge in [-0.25, -0.2) is 0 Å². The minimum Gasteiger partial charge on any atom is -0.507 e. The molecule has 2 aromatic rings. The molecule has 1 aliphatic heterocycles. The van der Waals surface area contributed by atoms with Crippen LogP contribution in [0.4, 0.5) is 0 Å². The number of hydrogen-bond acceptors (Lipinski definition) is 4. The van der Waals surface area contributed by atoms with Crippen molar-refractivity contribution in [3.63, 3.8) is 0 Å². The Morgan fingerprint density at radius 2 is 1.68 bits per heavy atom. The molecule has 0 unspecified atom stereocenters. The number of aliphatic hydroxyl groups is 1. The zero-order valence-corrected chi connectivity index (χ0v) is 14.4. The van der Waals surface area contributed by atoms with E-state index in [9.17, 15) is 15.0 Å². The van der Waals surface area contributed by atoms with Crippen molar-refractivity contribution in [1.29, 1.82) is 0 Å². The number of rotatable bonds is 4. The Labute approximate surface area is 148 Å². The molecule has 132 valence electrons. The summed E-state index contributed by atoms with van der Waals surface area (Å²) in [5.74, 6) is -0.123. The molecule has 1 fully saturated rings. The van der Waals surface area contributed by atoms with Crippen molar-refractivity contribution in [2.75, 3.05) is 32.7 Å². The first-order chi connectivity index (χ1) is 12.1. The normalized spacial score (nSPS) is 16.6. The maximum atomic E-state index is 12.5. The fourth-order valence-electron chi connectivity index (χ4n) is 3.26. The number of nitrogens with zero attached hydrogens (tertiary/aromatic N) is 2. The van der Waals surface area contributed by atoms with Gasteiger partial charge in [-0.2, -0.15) is 0 Å². The molecule has 0 saturated carbocycles. The van der Waals surface area contributed by atoms with Crippen molar-refractivity contribution in [3.8, 4) is 5.75 Å². The van der Waals surface area contributed by atoms with E-state index in [1.807, 2.05) is 31.2 Å². The maximum Gasteiger partial charge on any atom is 0.257 e. The van der Waals surface area contributed by atoms with Crippen molar-refractivity contribution >= 4 is 5.91 Å². The highest BCUT2D eigenvalue weighted by Crippen LogP contribution is 2.21. The van der Waals surface area contributed by atoms with Crippen LogP contribution in [0.25, 0.3) is 0 Å². The number of aliphatic hydroxyl groups excluding tert-OH is 1. The third-order valence-corrected chi connectivity index (χ3v) is 4.77. The summed E-state index contributed by atoms with van der Waals surface area (Å²) in [5, 5.41) is 20.3. The number of phenols is 1. The second-order valence-corrected chi connectivity index (χ2v) is 6.48. The van der Waals surface area contributed by atoms with Gasteiger partial charge in [-0.3, -0.25) is 9.69 Å². The third-order valence-electron chi connectivity index (χ3n) is 4.77. The summed E-state index contributed by atoms with van der Waals surface area (Å²) < 4.78 is 0. The summed E-state index contributed by atoms with van der Waals surface area (Å²) in [4.78, 5) is 16.4. The monoisotopic (exact) mass is 340 g/mol. The van der Waals surface area contributed by atoms with Crippen LogP contribution in [0, 0.1) is 6.92 Å². The molecule has 0 radical (unpaired) electrons. The molecule has 5 nitrogen and oxygen atoms in total. The first-order valence-corrected chi connectivity index (χ1v) is 8.59. The summed E-state index contributed by atoms with van der Waals surface area (Å²) in [6.45, 7) is 5.16. The first-order valence-electron chi connectivity index (χ1n) is 8.59. The standard InChI is InChI=1S/C20H24N2O3/c1-15-6-2-3-7-16(15)19(24)14-21-10-12-22(13-11-21)20(25)17-8-4-5-9-18(17)23/h2-9,19,23-24H,10-14H2,1H3/t19-/m0/s1. The Bertz CT molecular complexity index is 739. The van der Waals surface area contributed by atoms with E-state index < -0.39 is 6.10 Å². The molecule has 1 atom stereocenters. The number of carbonyl (C=O) groups excluding carboxylic acids is 1. The van der Waals surface area contributed by atoms with Crippen molar-refractivity contribution in [1.82, 2.24) is 9.80 Å². The molecule has 0 aromatic heterocycles. The highest BCUT2D eigenvalue weighted by molar-refractivity contribution is 5.96. The summed E-state index contributed by atoms with van der Waals surface area (Å²) >= 11 is 0. The number of aromatic hydroxyl groups is 1. The Hall–Kier alpha value is -2.37. The molecule has 1 saturated heterocycles. The van der Waals surface area contributed by atoms with Crippen LogP contribution in [0.2, 0.25) is 0 Å². The highest BCUT2D eigenvalue weighted by Gasteiger charge is 2.25. The molecule has 25 heavy (non-hydrogen) atoms. The van der Waals surface area contributed by atoms with Crippen LogP contribution in [0.1, 0.15) is 27.6 Å². The maximum absolute atomic E-state index is 12.5. The summed E-state index contributed by atoms with van der Waals surface area (Å²) in [6, 6.07) is 14.5. The number of hydrogen-bond donors (Lipinski definition) is 2. The molecule has 0 spiro atoms. The second kappa shape index (κ2) is 7.68. The number of aryl methyl sites for hydroxylation is 1. The lowest BCUT2D eigenvalue weighted by Crippen LogP contribution is -2.49. The van der Waals surface area contributed by atoms with Crippen molar-refractivity contribution in [2.45, 2.75) is 13.0 Å². The fourth-order valence-corrected chi connectivity index (χ4v) is 3.26. The summed E-state index contributed by atoms with van der Waals surface area (Å²) in [6.07, 6.45) is -0.526. The Morgan fingerprint density at radius 3 is 2.36 bits per heavy atom. The number of piperazine rings is 1. The molecule has 2 aromatic carbocycles. The van der Waals surface area contributed by atoms with Gasteiger partial charge in [0.25, 0.3) is 5.91 Å². The predicted molar refractivity (Wildman–Crippen MR) is 96.6 cm³/mol. The number of amides is 1. The minimum absolute atomic E-state index is 0.0184. The molecular weight excluding hydrogens is 316 g/mol. The lowest BCUT2D eigenvalue weighted by molar-refractivity contribution is 0.0524. The molecule has 0 bridgehead atoms. The van der Waals surface area contributed by atoms with Gasteiger partial charge in [0, 0.05) is 32.7 Å². The average molecular weight is 340 g/mol. The highest BCUT2D eigenvalue weighted by atomic mass is 16.3. The van der Waals surface area contributed by atoms with E-state index >= 15 is 0 Å². The number of benzene rings is 2. The van der Waals surface area contributed by atoms with Gasteiger partial charge in [0.1, 0.15) is 5.75 Å². The summed E-state index contributed by atoms with van der Waals surface area (Å²) in [7, 11) is 0. The van der Waals surface area contributed by atoms with E-state index in [2.05, 4.69) is 4.90 Å². The van der Waals surface area contributed by atoms with Gasteiger partial charge >= 0.3 is 0 Å². The molecule has 2 N–H and O–H groups in total. The molecule has 1 amide bonds. The molecule has 0 aliphatic carbocycles. The molecule has 1 aliphatic rings. The van der Waals surface area contributed by atoms with Crippen LogP contribution in [-0.2, 0) is 0 Å². The van der Waals surface area contributed by atoms with Crippen molar-refractivity contribution in [2.24, 2.45) is 0 Å². The predicted octanol–water partition coefficient (Wildman–Crippen LogP) is 2.19. The van der Waals surface area contributed by atoms with Crippen LogP contribution in [0.15, 0.2) is 48.5 Å². The van der Waals surface area contributed by atoms with Crippen molar-refractivity contribution < 1.29 is 15.0 Å². The van der Waals surface area contributed by atoms with Gasteiger partial charge in [-0.05, 0) is 30.2 Å². The topological polar surface area (TPSA) is 64.0 Å². The van der Waals surface area contributed by atoms with E-state index in [-0.39, 0.29) is 11.7 Å². The van der Waals surface area contributed by atoms with E-state index in [0.29, 0.717) is 38.3 Å². The number of β-amino-alcohol motifs (C(OH)–C–C–N with tert-alkyl or cyclic N) is 1. The van der Waals surface area contributed by atoms with E-state index in [0.717, 1.165) is 11.1 Å². The van der Waals surface area contributed by atoms with Gasteiger partial charge in [0.2, 0.25) is 0 Å². The van der Waals surface area contributed by atoms with Gasteiger partial charge in [-0.15, -0.1) is 0 Å². The quantitative estimate of drug-likeness (QED) is 0.896. The number of para-hydroxylation sites is 1. The zero-order chi connectivity index (χ0) is 17.8. The average Bonchev–Trinajstić information content (AvgIpc) is 2.62. The fraction of sp³-hybridized carbons (Fsp3) is 0.350. The van der Waals surface area contributed by atoms with Crippen LogP contribution in [0.5, 0.6) is 5.75 Å². The minimum atomic E-state index is -0.526. The van der Waals surface area contributed by atoms with Crippen LogP contribution < -0.4 is 0 Å². The molecule has 3 rings (SSSR count). The van der Waals surface area contributed by atoms with E-state index in [1.165, 1.54) is 6.07 Å². The lowest BCUT2D eigenvalue weighted by atomic mass is 10.0. The third kappa shape index (κ3) is 4.00. The number of phenolic OH excluding ortho intramolecular Hbond substituents is 1. The Kier molecular flexibility index (Phi) is 5.36. The molecule has 5 heteroatoms. The van der Waals surface area contributed by atoms with Crippen LogP contribution in [-0.4, -0.2) is 58.6 Å². The summed E-state index contributed by atoms with van der Waals surface area (Å²) in [5.41, 5.74) is 2.38.